The summed E-state index contributed by atoms with van der Waals surface area (Å²) in [7, 11) is 0. The molecule has 2 aromatic carbocycles. The molecule has 0 heterocycles. The van der Waals surface area contributed by atoms with Gasteiger partial charge in [0.05, 0.1) is 11.4 Å². The van der Waals surface area contributed by atoms with E-state index < -0.39 is 23.4 Å². The monoisotopic (exact) mass is 312 g/mol. The second kappa shape index (κ2) is 6.53. The van der Waals surface area contributed by atoms with Gasteiger partial charge in [-0.3, -0.25) is 4.79 Å². The summed E-state index contributed by atoms with van der Waals surface area (Å²) < 4.78 is 39.2. The summed E-state index contributed by atoms with van der Waals surface area (Å²) >= 11 is 1.07. The summed E-state index contributed by atoms with van der Waals surface area (Å²) in [6.45, 7) is 0. The normalized spacial score (nSPS) is 10.4. The quantitative estimate of drug-likeness (QED) is 0.672. The van der Waals surface area contributed by atoms with Crippen molar-refractivity contribution in [1.29, 1.82) is 0 Å². The number of carbonyl (C=O) groups excluding carboxylic acids is 1. The highest BCUT2D eigenvalue weighted by Gasteiger charge is 2.10. The van der Waals surface area contributed by atoms with Gasteiger partial charge in [0, 0.05) is 16.6 Å². The third-order valence-corrected chi connectivity index (χ3v) is 3.62. The number of hydrogen-bond donors (Lipinski definition) is 2. The number of benzene rings is 2. The molecule has 0 unspecified atom stereocenters. The van der Waals surface area contributed by atoms with E-state index in [0.29, 0.717) is 4.90 Å². The minimum absolute atomic E-state index is 0.0637. The molecular weight excluding hydrogens is 301 g/mol. The first-order valence-corrected chi connectivity index (χ1v) is 6.87. The summed E-state index contributed by atoms with van der Waals surface area (Å²) in [5.41, 5.74) is 5.59. The number of amides is 1. The van der Waals surface area contributed by atoms with Crippen molar-refractivity contribution in [2.24, 2.45) is 0 Å². The van der Waals surface area contributed by atoms with Gasteiger partial charge in [-0.25, -0.2) is 13.2 Å². The van der Waals surface area contributed by atoms with Crippen LogP contribution >= 0.6 is 11.8 Å². The van der Waals surface area contributed by atoms with Crippen LogP contribution in [0.15, 0.2) is 41.3 Å². The molecule has 0 aromatic heterocycles. The topological polar surface area (TPSA) is 55.1 Å². The molecule has 0 saturated carbocycles. The maximum Gasteiger partial charge on any atom is 0.234 e. The molecule has 2 aromatic rings. The van der Waals surface area contributed by atoms with Gasteiger partial charge < -0.3 is 11.1 Å². The van der Waals surface area contributed by atoms with E-state index in [1.807, 2.05) is 0 Å². The zero-order valence-corrected chi connectivity index (χ0v) is 11.5. The van der Waals surface area contributed by atoms with E-state index in [9.17, 15) is 18.0 Å². The smallest absolute Gasteiger partial charge is 0.234 e. The van der Waals surface area contributed by atoms with Gasteiger partial charge in [-0.2, -0.15) is 0 Å². The molecule has 3 nitrogen and oxygen atoms in total. The van der Waals surface area contributed by atoms with Crippen molar-refractivity contribution >= 4 is 29.0 Å². The number of nitrogen functional groups attached to an aromatic ring is 1. The van der Waals surface area contributed by atoms with Crippen molar-refractivity contribution in [1.82, 2.24) is 0 Å². The van der Waals surface area contributed by atoms with Crippen LogP contribution in [0.25, 0.3) is 0 Å². The van der Waals surface area contributed by atoms with Crippen LogP contribution in [-0.2, 0) is 4.79 Å². The molecular formula is C14H11F3N2OS. The summed E-state index contributed by atoms with van der Waals surface area (Å²) in [4.78, 5) is 12.2. The van der Waals surface area contributed by atoms with E-state index in [-0.39, 0.29) is 17.1 Å². The lowest BCUT2D eigenvalue weighted by atomic mass is 10.3. The van der Waals surface area contributed by atoms with Gasteiger partial charge in [0.25, 0.3) is 0 Å². The fourth-order valence-electron chi connectivity index (χ4n) is 1.57. The molecule has 3 N–H and O–H groups in total. The fraction of sp³-hybridized carbons (Fsp3) is 0.0714. The number of thioether (sulfide) groups is 1. The highest BCUT2D eigenvalue weighted by atomic mass is 32.2. The number of nitrogens with two attached hydrogens (primary N) is 1. The lowest BCUT2D eigenvalue weighted by Gasteiger charge is -2.08. The minimum atomic E-state index is -0.726. The average Bonchev–Trinajstić information content (AvgIpc) is 2.42. The molecule has 0 aliphatic heterocycles. The first kappa shape index (κ1) is 15.2. The predicted molar refractivity (Wildman–Crippen MR) is 76.5 cm³/mol. The van der Waals surface area contributed by atoms with Crippen LogP contribution < -0.4 is 11.1 Å². The molecule has 0 saturated heterocycles. The van der Waals surface area contributed by atoms with E-state index in [0.717, 1.165) is 36.0 Å². The largest absolute Gasteiger partial charge is 0.398 e. The molecule has 21 heavy (non-hydrogen) atoms. The molecule has 0 fully saturated rings. The third kappa shape index (κ3) is 4.16. The van der Waals surface area contributed by atoms with Crippen LogP contribution in [0.2, 0.25) is 0 Å². The van der Waals surface area contributed by atoms with Crippen molar-refractivity contribution in [3.63, 3.8) is 0 Å². The Labute approximate surface area is 123 Å². The molecule has 0 aliphatic carbocycles. The number of hydrogen-bond acceptors (Lipinski definition) is 3. The summed E-state index contributed by atoms with van der Waals surface area (Å²) in [5, 5.41) is 2.26. The molecule has 0 radical (unpaired) electrons. The standard InChI is InChI=1S/C14H11F3N2OS/c15-8-2-4-13(11(18)5-8)21-7-14(20)19-12-6-9(16)1-3-10(12)17/h1-6H,7,18H2,(H,19,20). The second-order valence-electron chi connectivity index (χ2n) is 4.14. The lowest BCUT2D eigenvalue weighted by Crippen LogP contribution is -2.15. The van der Waals surface area contributed by atoms with Crippen molar-refractivity contribution in [3.05, 3.63) is 53.8 Å². The number of carbonyl (C=O) groups is 1. The molecule has 7 heteroatoms. The lowest BCUT2D eigenvalue weighted by molar-refractivity contribution is -0.113. The average molecular weight is 312 g/mol. The van der Waals surface area contributed by atoms with Crippen LogP contribution in [0.4, 0.5) is 24.5 Å². The highest BCUT2D eigenvalue weighted by Crippen LogP contribution is 2.25. The van der Waals surface area contributed by atoms with Crippen molar-refractivity contribution in [2.45, 2.75) is 4.90 Å². The maximum atomic E-state index is 13.4. The molecule has 2 rings (SSSR count). The molecule has 0 aliphatic rings. The number of rotatable bonds is 4. The van der Waals surface area contributed by atoms with Gasteiger partial charge in [0.2, 0.25) is 5.91 Å². The van der Waals surface area contributed by atoms with E-state index in [4.69, 9.17) is 5.73 Å². The highest BCUT2D eigenvalue weighted by molar-refractivity contribution is 8.00. The van der Waals surface area contributed by atoms with Crippen molar-refractivity contribution in [3.8, 4) is 0 Å². The van der Waals surface area contributed by atoms with Gasteiger partial charge in [-0.15, -0.1) is 11.8 Å². The summed E-state index contributed by atoms with van der Waals surface area (Å²) in [6, 6.07) is 6.60. The van der Waals surface area contributed by atoms with Gasteiger partial charge in [-0.05, 0) is 30.3 Å². The van der Waals surface area contributed by atoms with Crippen LogP contribution in [0.5, 0.6) is 0 Å². The Balaban J connectivity index is 1.97. The Hall–Kier alpha value is -2.15. The Kier molecular flexibility index (Phi) is 4.74. The predicted octanol–water partition coefficient (Wildman–Crippen LogP) is 3.42. The van der Waals surface area contributed by atoms with E-state index in [1.54, 1.807) is 0 Å². The summed E-state index contributed by atoms with van der Waals surface area (Å²) in [6.07, 6.45) is 0. The minimum Gasteiger partial charge on any atom is -0.398 e. The first-order chi connectivity index (χ1) is 9.95. The van der Waals surface area contributed by atoms with Crippen molar-refractivity contribution < 1.29 is 18.0 Å². The van der Waals surface area contributed by atoms with Gasteiger partial charge in [0.1, 0.15) is 17.5 Å². The Bertz CT molecular complexity index is 679. The first-order valence-electron chi connectivity index (χ1n) is 5.88. The Morgan fingerprint density at radius 2 is 1.76 bits per heavy atom. The van der Waals surface area contributed by atoms with E-state index >= 15 is 0 Å². The molecule has 0 bridgehead atoms. The molecule has 1 amide bonds. The molecule has 110 valence electrons. The Morgan fingerprint density at radius 1 is 1.10 bits per heavy atom. The van der Waals surface area contributed by atoms with E-state index in [2.05, 4.69) is 5.32 Å². The molecule has 0 atom stereocenters. The zero-order valence-electron chi connectivity index (χ0n) is 10.7. The fourth-order valence-corrected chi connectivity index (χ4v) is 2.32. The number of halogens is 3. The van der Waals surface area contributed by atoms with Crippen LogP contribution in [0.1, 0.15) is 0 Å². The second-order valence-corrected chi connectivity index (χ2v) is 5.16. The van der Waals surface area contributed by atoms with E-state index in [1.165, 1.54) is 12.1 Å². The van der Waals surface area contributed by atoms with Crippen LogP contribution in [-0.4, -0.2) is 11.7 Å². The van der Waals surface area contributed by atoms with Crippen molar-refractivity contribution in [2.75, 3.05) is 16.8 Å². The van der Waals surface area contributed by atoms with Gasteiger partial charge in [0.15, 0.2) is 0 Å². The third-order valence-electron chi connectivity index (χ3n) is 2.53. The summed E-state index contributed by atoms with van der Waals surface area (Å²) in [5.74, 6) is -2.43. The molecule has 0 spiro atoms. The van der Waals surface area contributed by atoms with Gasteiger partial charge in [-0.1, -0.05) is 0 Å². The Morgan fingerprint density at radius 3 is 2.48 bits per heavy atom. The number of nitrogens with one attached hydrogen (secondary N) is 1. The van der Waals surface area contributed by atoms with Crippen LogP contribution in [0.3, 0.4) is 0 Å². The maximum absolute atomic E-state index is 13.4. The zero-order chi connectivity index (χ0) is 15.4. The SMILES string of the molecule is Nc1cc(F)ccc1SCC(=O)Nc1cc(F)ccc1F. The number of anilines is 2. The van der Waals surface area contributed by atoms with Crippen LogP contribution in [0, 0.1) is 17.5 Å². The van der Waals surface area contributed by atoms with Gasteiger partial charge >= 0.3 is 0 Å².